The molecule has 1 aliphatic carbocycles. The Hall–Kier alpha value is -2.25. The predicted octanol–water partition coefficient (Wildman–Crippen LogP) is 4.80. The zero-order valence-corrected chi connectivity index (χ0v) is 16.3. The summed E-state index contributed by atoms with van der Waals surface area (Å²) in [5.74, 6) is -0.996. The van der Waals surface area contributed by atoms with E-state index in [1.165, 1.54) is 10.5 Å². The van der Waals surface area contributed by atoms with Crippen molar-refractivity contribution in [1.29, 1.82) is 0 Å². The van der Waals surface area contributed by atoms with E-state index in [2.05, 4.69) is 17.5 Å². The zero-order valence-electron chi connectivity index (χ0n) is 14.7. The number of aliphatic carboxylic acids is 1. The summed E-state index contributed by atoms with van der Waals surface area (Å²) in [4.78, 5) is 26.0. The molecule has 1 amide bonds. The van der Waals surface area contributed by atoms with E-state index in [0.29, 0.717) is 0 Å². The van der Waals surface area contributed by atoms with Gasteiger partial charge in [-0.15, -0.1) is 22.7 Å². The Balaban J connectivity index is 1.68. The van der Waals surface area contributed by atoms with Gasteiger partial charge in [-0.25, -0.2) is 5.01 Å². The monoisotopic (exact) mass is 400 g/mol. The number of hydrogen-bond acceptors (Lipinski definition) is 5. The van der Waals surface area contributed by atoms with Gasteiger partial charge in [-0.2, -0.15) is 5.10 Å². The minimum absolute atomic E-state index is 0.0231. The molecular formula is C20H20N2O3S2. The summed E-state index contributed by atoms with van der Waals surface area (Å²) in [5, 5.41) is 19.3. The molecule has 4 rings (SSSR count). The average molecular weight is 401 g/mol. The second kappa shape index (κ2) is 7.78. The Labute approximate surface area is 165 Å². The van der Waals surface area contributed by atoms with Crippen molar-refractivity contribution in [3.05, 3.63) is 50.4 Å². The summed E-state index contributed by atoms with van der Waals surface area (Å²) in [6.45, 7) is 0. The first kappa shape index (κ1) is 18.1. The highest BCUT2D eigenvalue weighted by molar-refractivity contribution is 7.11. The Morgan fingerprint density at radius 1 is 1.22 bits per heavy atom. The molecule has 27 heavy (non-hydrogen) atoms. The van der Waals surface area contributed by atoms with Gasteiger partial charge < -0.3 is 5.11 Å². The number of thiophene rings is 2. The minimum atomic E-state index is -0.960. The van der Waals surface area contributed by atoms with Crippen LogP contribution >= 0.6 is 22.7 Å². The maximum Gasteiger partial charge on any atom is 0.303 e. The van der Waals surface area contributed by atoms with Crippen LogP contribution in [0.2, 0.25) is 0 Å². The van der Waals surface area contributed by atoms with E-state index >= 15 is 0 Å². The summed E-state index contributed by atoms with van der Waals surface area (Å²) in [6, 6.07) is 8.03. The number of hydrogen-bond donors (Lipinski definition) is 1. The van der Waals surface area contributed by atoms with E-state index in [0.717, 1.165) is 29.9 Å². The summed E-state index contributed by atoms with van der Waals surface area (Å²) in [6.07, 6.45) is 5.02. The first-order valence-electron chi connectivity index (χ1n) is 9.03. The lowest BCUT2D eigenvalue weighted by molar-refractivity contribution is -0.141. The summed E-state index contributed by atoms with van der Waals surface area (Å²) in [7, 11) is 0. The van der Waals surface area contributed by atoms with Crippen LogP contribution < -0.4 is 0 Å². The number of carboxylic acid groups (broad SMARTS) is 1. The van der Waals surface area contributed by atoms with Gasteiger partial charge in [0.2, 0.25) is 5.91 Å². The van der Waals surface area contributed by atoms with Crippen LogP contribution in [0.25, 0.3) is 6.08 Å². The number of carbonyl (C=O) groups is 2. The Morgan fingerprint density at radius 2 is 2.04 bits per heavy atom. The van der Waals surface area contributed by atoms with Crippen molar-refractivity contribution < 1.29 is 14.7 Å². The molecule has 0 radical (unpaired) electrons. The van der Waals surface area contributed by atoms with Crippen molar-refractivity contribution in [1.82, 2.24) is 5.01 Å². The summed E-state index contributed by atoms with van der Waals surface area (Å²) >= 11 is 3.32. The molecule has 2 aliphatic rings. The molecule has 3 heterocycles. The number of hydrazone groups is 1. The van der Waals surface area contributed by atoms with Crippen molar-refractivity contribution in [2.24, 2.45) is 11.0 Å². The number of allylic oxidation sites excluding steroid dienone is 1. The van der Waals surface area contributed by atoms with Crippen LogP contribution in [-0.4, -0.2) is 27.7 Å². The predicted molar refractivity (Wildman–Crippen MR) is 108 cm³/mol. The minimum Gasteiger partial charge on any atom is -0.481 e. The molecular weight excluding hydrogens is 380 g/mol. The Kier molecular flexibility index (Phi) is 5.22. The lowest BCUT2D eigenvalue weighted by Crippen LogP contribution is -2.31. The SMILES string of the molecule is O=C(O)CCC(=O)N1N=C2/C(=C\c3cccs3)CCC[C@@H]2[C@@H]1c1cccs1. The van der Waals surface area contributed by atoms with Crippen LogP contribution in [0.1, 0.15) is 47.9 Å². The van der Waals surface area contributed by atoms with Gasteiger partial charge in [0.05, 0.1) is 18.2 Å². The van der Waals surface area contributed by atoms with Crippen molar-refractivity contribution in [3.63, 3.8) is 0 Å². The van der Waals surface area contributed by atoms with Crippen LogP contribution in [0.15, 0.2) is 45.7 Å². The molecule has 2 aromatic rings. The summed E-state index contributed by atoms with van der Waals surface area (Å²) in [5.41, 5.74) is 2.19. The van der Waals surface area contributed by atoms with E-state index < -0.39 is 5.97 Å². The van der Waals surface area contributed by atoms with Crippen LogP contribution in [0.5, 0.6) is 0 Å². The van der Waals surface area contributed by atoms with E-state index in [4.69, 9.17) is 10.2 Å². The Bertz CT molecular complexity index is 884. The number of amides is 1. The largest absolute Gasteiger partial charge is 0.481 e. The van der Waals surface area contributed by atoms with Gasteiger partial charge in [0.15, 0.2) is 0 Å². The molecule has 5 nitrogen and oxygen atoms in total. The average Bonchev–Trinajstić information content (AvgIpc) is 3.39. The third kappa shape index (κ3) is 3.75. The van der Waals surface area contributed by atoms with Crippen LogP contribution in [0, 0.1) is 5.92 Å². The number of nitrogens with zero attached hydrogens (tertiary/aromatic N) is 2. The summed E-state index contributed by atoms with van der Waals surface area (Å²) < 4.78 is 0. The smallest absolute Gasteiger partial charge is 0.303 e. The molecule has 1 saturated carbocycles. The third-order valence-electron chi connectivity index (χ3n) is 5.00. The lowest BCUT2D eigenvalue weighted by atomic mass is 9.79. The highest BCUT2D eigenvalue weighted by atomic mass is 32.1. The molecule has 7 heteroatoms. The number of carbonyl (C=O) groups excluding carboxylic acids is 1. The van der Waals surface area contributed by atoms with Gasteiger partial charge in [-0.1, -0.05) is 12.1 Å². The number of fused-ring (bicyclic) bond motifs is 1. The first-order chi connectivity index (χ1) is 13.1. The topological polar surface area (TPSA) is 70.0 Å². The molecule has 2 atom stereocenters. The van der Waals surface area contributed by atoms with E-state index in [-0.39, 0.29) is 30.7 Å². The van der Waals surface area contributed by atoms with E-state index in [9.17, 15) is 9.59 Å². The molecule has 140 valence electrons. The fourth-order valence-electron chi connectivity index (χ4n) is 3.82. The van der Waals surface area contributed by atoms with Crippen molar-refractivity contribution in [2.45, 2.75) is 38.1 Å². The highest BCUT2D eigenvalue weighted by Crippen LogP contribution is 2.45. The van der Waals surface area contributed by atoms with Gasteiger partial charge in [0.1, 0.15) is 0 Å². The molecule has 0 bridgehead atoms. The fourth-order valence-corrected chi connectivity index (χ4v) is 5.38. The standard InChI is InChI=1S/C20H20N2O3S2/c23-17(8-9-18(24)25)22-20(16-7-3-11-27-16)15-6-1-4-13(19(15)21-22)12-14-5-2-10-26-14/h2-3,5,7,10-12,15,20H,1,4,6,8-9H2,(H,24,25)/b13-12-/t15-,20+/m0/s1. The van der Waals surface area contributed by atoms with Crippen LogP contribution in [0.3, 0.4) is 0 Å². The normalized spacial score (nSPS) is 23.3. The third-order valence-corrected chi connectivity index (χ3v) is 6.77. The van der Waals surface area contributed by atoms with Crippen LogP contribution in [0.4, 0.5) is 0 Å². The number of rotatable bonds is 5. The number of carboxylic acids is 1. The van der Waals surface area contributed by atoms with Gasteiger partial charge >= 0.3 is 5.97 Å². The van der Waals surface area contributed by atoms with Crippen LogP contribution in [-0.2, 0) is 9.59 Å². The molecule has 0 aromatic carbocycles. The molecule has 2 aromatic heterocycles. The second-order valence-electron chi connectivity index (χ2n) is 6.76. The highest BCUT2D eigenvalue weighted by Gasteiger charge is 2.44. The van der Waals surface area contributed by atoms with Gasteiger partial charge in [0.25, 0.3) is 0 Å². The van der Waals surface area contributed by atoms with Gasteiger partial charge in [0, 0.05) is 22.1 Å². The maximum absolute atomic E-state index is 12.8. The Morgan fingerprint density at radius 3 is 2.74 bits per heavy atom. The quantitative estimate of drug-likeness (QED) is 0.784. The maximum atomic E-state index is 12.8. The van der Waals surface area contributed by atoms with Crippen molar-refractivity contribution >= 4 is 46.3 Å². The van der Waals surface area contributed by atoms with Gasteiger partial charge in [-0.3, -0.25) is 9.59 Å². The first-order valence-corrected chi connectivity index (χ1v) is 10.8. The fraction of sp³-hybridized carbons (Fsp3) is 0.350. The molecule has 1 N–H and O–H groups in total. The second-order valence-corrected chi connectivity index (χ2v) is 8.72. The molecule has 1 aliphatic heterocycles. The van der Waals surface area contributed by atoms with E-state index in [1.807, 2.05) is 23.6 Å². The molecule has 0 spiro atoms. The van der Waals surface area contributed by atoms with Gasteiger partial charge in [-0.05, 0) is 53.8 Å². The van der Waals surface area contributed by atoms with Crippen molar-refractivity contribution in [2.75, 3.05) is 0 Å². The molecule has 0 saturated heterocycles. The molecule has 0 unspecified atom stereocenters. The lowest BCUT2D eigenvalue weighted by Gasteiger charge is -2.28. The van der Waals surface area contributed by atoms with Crippen molar-refractivity contribution in [3.8, 4) is 0 Å². The van der Waals surface area contributed by atoms with E-state index in [1.54, 1.807) is 27.7 Å². The molecule has 1 fully saturated rings. The zero-order chi connectivity index (χ0) is 18.8.